The Morgan fingerprint density at radius 1 is 1.11 bits per heavy atom. The van der Waals surface area contributed by atoms with Gasteiger partial charge in [-0.15, -0.1) is 0 Å². The number of rotatable bonds is 4. The number of nitro groups is 1. The quantitative estimate of drug-likeness (QED) is 0.625. The van der Waals surface area contributed by atoms with Crippen LogP contribution in [0.1, 0.15) is 0 Å². The van der Waals surface area contributed by atoms with E-state index in [2.05, 4.69) is 0 Å². The first-order chi connectivity index (χ1) is 9.13. The molecule has 0 saturated heterocycles. The highest BCUT2D eigenvalue weighted by molar-refractivity contribution is 5.51. The zero-order chi connectivity index (χ0) is 13.8. The molecule has 5 nitrogen and oxygen atoms in total. The first kappa shape index (κ1) is 12.8. The van der Waals surface area contributed by atoms with Gasteiger partial charge in [0.25, 0.3) is 0 Å². The molecule has 0 aliphatic heterocycles. The zero-order valence-corrected chi connectivity index (χ0v) is 10.00. The van der Waals surface area contributed by atoms with Crippen molar-refractivity contribution >= 4 is 5.69 Å². The molecule has 0 aliphatic rings. The van der Waals surface area contributed by atoms with E-state index < -0.39 is 10.7 Å². The minimum atomic E-state index is -0.655. The van der Waals surface area contributed by atoms with Gasteiger partial charge in [-0.1, -0.05) is 18.2 Å². The van der Waals surface area contributed by atoms with Gasteiger partial charge in [0.1, 0.15) is 0 Å². The topological polar surface area (TPSA) is 61.6 Å². The standard InChI is InChI=1S/C13H10FNO4/c1-18-12-8-4-5-9(14)13(12)19-11-7-3-2-6-10(11)15(16)17/h2-8H,1H3. The zero-order valence-electron chi connectivity index (χ0n) is 10.00. The molecule has 0 bridgehead atoms. The number of nitro benzene ring substituents is 1. The number of nitrogens with zero attached hydrogens (tertiary/aromatic N) is 1. The van der Waals surface area contributed by atoms with E-state index in [0.29, 0.717) is 0 Å². The summed E-state index contributed by atoms with van der Waals surface area (Å²) in [7, 11) is 1.36. The molecule has 0 aromatic heterocycles. The Morgan fingerprint density at radius 3 is 2.47 bits per heavy atom. The smallest absolute Gasteiger partial charge is 0.311 e. The first-order valence-electron chi connectivity index (χ1n) is 5.37. The molecule has 2 rings (SSSR count). The highest BCUT2D eigenvalue weighted by atomic mass is 19.1. The van der Waals surface area contributed by atoms with E-state index in [0.717, 1.165) is 0 Å². The predicted octanol–water partition coefficient (Wildman–Crippen LogP) is 3.53. The summed E-state index contributed by atoms with van der Waals surface area (Å²) in [6, 6.07) is 9.89. The minimum Gasteiger partial charge on any atom is -0.493 e. The first-order valence-corrected chi connectivity index (χ1v) is 5.37. The number of hydrogen-bond acceptors (Lipinski definition) is 4. The Bertz CT molecular complexity index is 615. The van der Waals surface area contributed by atoms with Gasteiger partial charge < -0.3 is 9.47 Å². The molecule has 0 spiro atoms. The molecular formula is C13H10FNO4. The third-order valence-electron chi connectivity index (χ3n) is 2.42. The molecule has 19 heavy (non-hydrogen) atoms. The van der Waals surface area contributed by atoms with Crippen LogP contribution in [0.5, 0.6) is 17.2 Å². The van der Waals surface area contributed by atoms with E-state index in [1.165, 1.54) is 43.5 Å². The van der Waals surface area contributed by atoms with Crippen LogP contribution in [0.4, 0.5) is 10.1 Å². The summed E-state index contributed by atoms with van der Waals surface area (Å²) in [6.45, 7) is 0. The molecule has 0 N–H and O–H groups in total. The van der Waals surface area contributed by atoms with Gasteiger partial charge >= 0.3 is 5.69 Å². The fraction of sp³-hybridized carbons (Fsp3) is 0.0769. The second-order valence-corrected chi connectivity index (χ2v) is 3.60. The molecular weight excluding hydrogens is 253 g/mol. The molecule has 2 aromatic carbocycles. The largest absolute Gasteiger partial charge is 0.493 e. The average molecular weight is 263 g/mol. The summed E-state index contributed by atoms with van der Waals surface area (Å²) < 4.78 is 23.9. The lowest BCUT2D eigenvalue weighted by Gasteiger charge is -2.10. The van der Waals surface area contributed by atoms with Crippen LogP contribution < -0.4 is 9.47 Å². The number of ether oxygens (including phenoxy) is 2. The Kier molecular flexibility index (Phi) is 3.61. The summed E-state index contributed by atoms with van der Waals surface area (Å²) in [6.07, 6.45) is 0. The Hall–Kier alpha value is -2.63. The van der Waals surface area contributed by atoms with Gasteiger partial charge in [0.2, 0.25) is 11.5 Å². The molecule has 0 radical (unpaired) electrons. The molecule has 0 saturated carbocycles. The lowest BCUT2D eigenvalue weighted by Crippen LogP contribution is -1.96. The Labute approximate surface area is 108 Å². The lowest BCUT2D eigenvalue weighted by atomic mass is 10.2. The number of benzene rings is 2. The fourth-order valence-electron chi connectivity index (χ4n) is 1.55. The van der Waals surface area contributed by atoms with Gasteiger partial charge in [-0.25, -0.2) is 4.39 Å². The third-order valence-corrected chi connectivity index (χ3v) is 2.42. The van der Waals surface area contributed by atoms with E-state index in [1.807, 2.05) is 0 Å². The second-order valence-electron chi connectivity index (χ2n) is 3.60. The van der Waals surface area contributed by atoms with Crippen LogP contribution >= 0.6 is 0 Å². The SMILES string of the molecule is COc1cccc(F)c1Oc1ccccc1[N+](=O)[O-]. The lowest BCUT2D eigenvalue weighted by molar-refractivity contribution is -0.385. The van der Waals surface area contributed by atoms with Gasteiger partial charge in [0.15, 0.2) is 11.6 Å². The van der Waals surface area contributed by atoms with E-state index >= 15 is 0 Å². The van der Waals surface area contributed by atoms with Crippen LogP contribution in [0.2, 0.25) is 0 Å². The van der Waals surface area contributed by atoms with Crippen molar-refractivity contribution in [3.63, 3.8) is 0 Å². The van der Waals surface area contributed by atoms with E-state index in [-0.39, 0.29) is 22.9 Å². The van der Waals surface area contributed by atoms with Crippen molar-refractivity contribution in [2.24, 2.45) is 0 Å². The van der Waals surface area contributed by atoms with Crippen LogP contribution in [0.3, 0.4) is 0 Å². The van der Waals surface area contributed by atoms with Crippen LogP contribution in [-0.4, -0.2) is 12.0 Å². The van der Waals surface area contributed by atoms with Gasteiger partial charge in [-0.3, -0.25) is 10.1 Å². The molecule has 0 aliphatic carbocycles. The maximum absolute atomic E-state index is 13.7. The maximum Gasteiger partial charge on any atom is 0.311 e. The molecule has 0 amide bonds. The Balaban J connectivity index is 2.45. The number of hydrogen-bond donors (Lipinski definition) is 0. The van der Waals surface area contributed by atoms with Crippen molar-refractivity contribution in [1.82, 2.24) is 0 Å². The highest BCUT2D eigenvalue weighted by Crippen LogP contribution is 2.37. The van der Waals surface area contributed by atoms with Crippen molar-refractivity contribution in [1.29, 1.82) is 0 Å². The summed E-state index contributed by atoms with van der Waals surface area (Å²) >= 11 is 0. The van der Waals surface area contributed by atoms with Crippen LogP contribution in [-0.2, 0) is 0 Å². The van der Waals surface area contributed by atoms with Crippen molar-refractivity contribution in [3.05, 3.63) is 58.4 Å². The molecule has 6 heteroatoms. The van der Waals surface area contributed by atoms with Crippen molar-refractivity contribution in [2.75, 3.05) is 7.11 Å². The predicted molar refractivity (Wildman–Crippen MR) is 66.1 cm³/mol. The molecule has 2 aromatic rings. The monoisotopic (exact) mass is 263 g/mol. The summed E-state index contributed by atoms with van der Waals surface area (Å²) in [5.74, 6) is -0.717. The maximum atomic E-state index is 13.7. The molecule has 0 fully saturated rings. The van der Waals surface area contributed by atoms with Crippen LogP contribution in [0, 0.1) is 15.9 Å². The molecule has 0 heterocycles. The van der Waals surface area contributed by atoms with E-state index in [4.69, 9.17) is 9.47 Å². The van der Waals surface area contributed by atoms with Crippen LogP contribution in [0.25, 0.3) is 0 Å². The summed E-state index contributed by atoms with van der Waals surface area (Å²) in [5, 5.41) is 10.9. The Morgan fingerprint density at radius 2 is 1.79 bits per heavy atom. The highest BCUT2D eigenvalue weighted by Gasteiger charge is 2.18. The molecule has 0 unspecified atom stereocenters. The van der Waals surface area contributed by atoms with Gasteiger partial charge in [-0.05, 0) is 18.2 Å². The molecule has 98 valence electrons. The van der Waals surface area contributed by atoms with Crippen molar-refractivity contribution in [2.45, 2.75) is 0 Å². The van der Waals surface area contributed by atoms with Crippen LogP contribution in [0.15, 0.2) is 42.5 Å². The minimum absolute atomic E-state index is 0.0455. The third kappa shape index (κ3) is 2.62. The fourth-order valence-corrected chi connectivity index (χ4v) is 1.55. The second kappa shape index (κ2) is 5.34. The van der Waals surface area contributed by atoms with Crippen molar-refractivity contribution < 1.29 is 18.8 Å². The molecule has 0 atom stereocenters. The number of methoxy groups -OCH3 is 1. The van der Waals surface area contributed by atoms with Gasteiger partial charge in [0.05, 0.1) is 12.0 Å². The number of halogens is 1. The van der Waals surface area contributed by atoms with E-state index in [9.17, 15) is 14.5 Å². The normalized spacial score (nSPS) is 10.0. The van der Waals surface area contributed by atoms with E-state index in [1.54, 1.807) is 6.07 Å². The van der Waals surface area contributed by atoms with Gasteiger partial charge in [0, 0.05) is 6.07 Å². The number of para-hydroxylation sites is 3. The average Bonchev–Trinajstić information content (AvgIpc) is 2.41. The summed E-state index contributed by atoms with van der Waals surface area (Å²) in [5.41, 5.74) is -0.243. The van der Waals surface area contributed by atoms with Crippen molar-refractivity contribution in [3.8, 4) is 17.2 Å². The van der Waals surface area contributed by atoms with Gasteiger partial charge in [-0.2, -0.15) is 0 Å². The summed E-state index contributed by atoms with van der Waals surface area (Å²) in [4.78, 5) is 10.3.